The minimum Gasteiger partial charge on any atom is -0.506 e. The van der Waals surface area contributed by atoms with Gasteiger partial charge in [0.15, 0.2) is 0 Å². The van der Waals surface area contributed by atoms with E-state index >= 15 is 4.39 Å². The molecule has 0 bridgehead atoms. The summed E-state index contributed by atoms with van der Waals surface area (Å²) in [6, 6.07) is 13.5. The van der Waals surface area contributed by atoms with Gasteiger partial charge in [0.05, 0.1) is 37.2 Å². The van der Waals surface area contributed by atoms with Gasteiger partial charge in [0.25, 0.3) is 0 Å². The van der Waals surface area contributed by atoms with Crippen molar-refractivity contribution in [1.82, 2.24) is 10.3 Å². The standard InChI is InChI=1S/C29H23Cl2FN4O2S2/c1-29(2)14-36(20-6-4-3-5-18(20)35-28(38)33-16-8-10-23(31)39-13-16)26-21(37)12-17(32)24(25(26)29)27-34-19-11-15(30)7-9-22(19)40-27/h3-7,9-13,37H,8,14H2,1-2H3,(H2,33,35,38). The number of thioether (sulfide) groups is 1. The molecular formula is C29H23Cl2FN4O2S2. The van der Waals surface area contributed by atoms with Gasteiger partial charge in [0, 0.05) is 40.7 Å². The molecule has 3 N–H and O–H groups in total. The molecule has 0 fully saturated rings. The monoisotopic (exact) mass is 612 g/mol. The lowest BCUT2D eigenvalue weighted by Crippen LogP contribution is -2.30. The van der Waals surface area contributed by atoms with Crippen LogP contribution in [0.5, 0.6) is 5.75 Å². The Balaban J connectivity index is 1.40. The van der Waals surface area contributed by atoms with Crippen LogP contribution in [0.15, 0.2) is 70.1 Å². The van der Waals surface area contributed by atoms with Gasteiger partial charge >= 0.3 is 6.03 Å². The van der Waals surface area contributed by atoms with E-state index in [0.717, 1.165) is 16.5 Å². The van der Waals surface area contributed by atoms with E-state index in [0.29, 0.717) is 61.1 Å². The van der Waals surface area contributed by atoms with Gasteiger partial charge in [-0.2, -0.15) is 0 Å². The number of allylic oxidation sites excluding steroid dienone is 1. The number of carbonyl (C=O) groups excluding carboxylic acids is 1. The smallest absolute Gasteiger partial charge is 0.323 e. The van der Waals surface area contributed by atoms with Crippen molar-refractivity contribution in [3.63, 3.8) is 0 Å². The van der Waals surface area contributed by atoms with Crippen LogP contribution in [-0.2, 0) is 5.41 Å². The van der Waals surface area contributed by atoms with Gasteiger partial charge in [-0.05, 0) is 35.7 Å². The van der Waals surface area contributed by atoms with Gasteiger partial charge in [-0.25, -0.2) is 14.2 Å². The largest absolute Gasteiger partial charge is 0.506 e. The van der Waals surface area contributed by atoms with Gasteiger partial charge in [-0.1, -0.05) is 67.0 Å². The Kier molecular flexibility index (Phi) is 6.94. The fourth-order valence-corrected chi connectivity index (χ4v) is 7.11. The topological polar surface area (TPSA) is 77.5 Å². The first-order valence-electron chi connectivity index (χ1n) is 12.4. The number of urea groups is 1. The number of hydrogen-bond acceptors (Lipinski definition) is 6. The fraction of sp³-hybridized carbons (Fsp3) is 0.172. The molecule has 2 amide bonds. The summed E-state index contributed by atoms with van der Waals surface area (Å²) in [7, 11) is 0. The molecular weight excluding hydrogens is 590 g/mol. The first-order chi connectivity index (χ1) is 19.1. The molecule has 0 saturated carbocycles. The molecule has 6 nitrogen and oxygen atoms in total. The second-order valence-corrected chi connectivity index (χ2v) is 13.2. The summed E-state index contributed by atoms with van der Waals surface area (Å²) in [5, 5.41) is 19.8. The molecule has 11 heteroatoms. The van der Waals surface area contributed by atoms with E-state index in [1.165, 1.54) is 23.1 Å². The number of thiazole rings is 1. The molecule has 0 atom stereocenters. The Bertz CT molecular complexity index is 1750. The predicted octanol–water partition coefficient (Wildman–Crippen LogP) is 9.07. The summed E-state index contributed by atoms with van der Waals surface area (Å²) in [5.74, 6) is -0.729. The highest BCUT2D eigenvalue weighted by Crippen LogP contribution is 2.55. The van der Waals surface area contributed by atoms with E-state index in [-0.39, 0.29) is 5.75 Å². The van der Waals surface area contributed by atoms with Crippen LogP contribution in [0, 0.1) is 5.82 Å². The van der Waals surface area contributed by atoms with Crippen LogP contribution in [0.4, 0.5) is 26.2 Å². The molecule has 3 aromatic carbocycles. The maximum absolute atomic E-state index is 15.6. The second kappa shape index (κ2) is 10.3. The minimum absolute atomic E-state index is 0.182. The SMILES string of the molecule is CC1(C)CN(c2ccccc2NC(=O)NC2=CSC(Cl)=CC2)c2c(O)cc(F)c(-c3nc4cc(Cl)ccc4s3)c21. The van der Waals surface area contributed by atoms with Crippen molar-refractivity contribution >= 4 is 79.6 Å². The third-order valence-electron chi connectivity index (χ3n) is 6.81. The Hall–Kier alpha value is -3.24. The predicted molar refractivity (Wildman–Crippen MR) is 165 cm³/mol. The summed E-state index contributed by atoms with van der Waals surface area (Å²) < 4.78 is 17.2. The van der Waals surface area contributed by atoms with Gasteiger partial charge in [-0.15, -0.1) is 11.3 Å². The number of fused-ring (bicyclic) bond motifs is 2. The highest BCUT2D eigenvalue weighted by Gasteiger charge is 2.42. The number of hydrogen-bond donors (Lipinski definition) is 3. The number of nitrogens with zero attached hydrogens (tertiary/aromatic N) is 2. The Morgan fingerprint density at radius 3 is 2.73 bits per heavy atom. The van der Waals surface area contributed by atoms with Crippen LogP contribution < -0.4 is 15.5 Å². The van der Waals surface area contributed by atoms with E-state index in [4.69, 9.17) is 28.2 Å². The van der Waals surface area contributed by atoms with Crippen LogP contribution in [0.3, 0.4) is 0 Å². The summed E-state index contributed by atoms with van der Waals surface area (Å²) in [5.41, 5.74) is 3.56. The average molecular weight is 614 g/mol. The van der Waals surface area contributed by atoms with Gasteiger partial charge < -0.3 is 20.6 Å². The third-order valence-corrected chi connectivity index (χ3v) is 9.31. The Morgan fingerprint density at radius 2 is 1.95 bits per heavy atom. The molecule has 40 heavy (non-hydrogen) atoms. The number of benzene rings is 3. The molecule has 4 aromatic rings. The summed E-state index contributed by atoms with van der Waals surface area (Å²) in [4.78, 5) is 19.5. The average Bonchev–Trinajstić information content (AvgIpc) is 3.43. The number of amides is 2. The number of aromatic hydroxyl groups is 1. The van der Waals surface area contributed by atoms with E-state index in [9.17, 15) is 9.90 Å². The van der Waals surface area contributed by atoms with Gasteiger partial charge in [0.2, 0.25) is 0 Å². The lowest BCUT2D eigenvalue weighted by atomic mass is 9.83. The lowest BCUT2D eigenvalue weighted by Gasteiger charge is -2.25. The van der Waals surface area contributed by atoms with Crippen molar-refractivity contribution in [3.8, 4) is 16.3 Å². The maximum Gasteiger partial charge on any atom is 0.323 e. The number of carbonyl (C=O) groups is 1. The summed E-state index contributed by atoms with van der Waals surface area (Å²) in [6.07, 6.45) is 2.35. The summed E-state index contributed by atoms with van der Waals surface area (Å²) >= 11 is 14.9. The molecule has 3 heterocycles. The number of aromatic nitrogens is 1. The van der Waals surface area contributed by atoms with Gasteiger partial charge in [0.1, 0.15) is 16.6 Å². The lowest BCUT2D eigenvalue weighted by molar-refractivity contribution is 0.254. The number of para-hydroxylation sites is 2. The van der Waals surface area contributed by atoms with Crippen molar-refractivity contribution in [2.24, 2.45) is 0 Å². The number of phenols is 1. The van der Waals surface area contributed by atoms with Crippen LogP contribution in [0.25, 0.3) is 20.8 Å². The van der Waals surface area contributed by atoms with Crippen molar-refractivity contribution in [2.45, 2.75) is 25.7 Å². The normalized spacial score (nSPS) is 16.0. The molecule has 204 valence electrons. The van der Waals surface area contributed by atoms with Crippen LogP contribution in [-0.4, -0.2) is 22.7 Å². The molecule has 1 aromatic heterocycles. The van der Waals surface area contributed by atoms with Crippen molar-refractivity contribution in [3.05, 3.63) is 86.5 Å². The first kappa shape index (κ1) is 27.0. The zero-order chi connectivity index (χ0) is 28.2. The van der Waals surface area contributed by atoms with Crippen molar-refractivity contribution < 1.29 is 14.3 Å². The van der Waals surface area contributed by atoms with Crippen LogP contribution in [0.1, 0.15) is 25.8 Å². The number of phenolic OH excluding ortho intramolecular Hbond substituents is 1. The second-order valence-electron chi connectivity index (χ2n) is 10.1. The number of halogens is 3. The molecule has 0 aliphatic carbocycles. The van der Waals surface area contributed by atoms with Crippen molar-refractivity contribution in [2.75, 3.05) is 16.8 Å². The van der Waals surface area contributed by atoms with Crippen molar-refractivity contribution in [1.29, 1.82) is 0 Å². The molecule has 6 rings (SSSR count). The van der Waals surface area contributed by atoms with E-state index in [1.807, 2.05) is 49.1 Å². The Labute approximate surface area is 248 Å². The molecule has 0 unspecified atom stereocenters. The number of nitrogens with one attached hydrogen (secondary N) is 2. The van der Waals surface area contributed by atoms with E-state index < -0.39 is 17.3 Å². The molecule has 2 aliphatic rings. The van der Waals surface area contributed by atoms with E-state index in [1.54, 1.807) is 23.6 Å². The summed E-state index contributed by atoms with van der Waals surface area (Å²) in [6.45, 7) is 4.45. The maximum atomic E-state index is 15.6. The highest BCUT2D eigenvalue weighted by molar-refractivity contribution is 8.07. The first-order valence-corrected chi connectivity index (χ1v) is 14.8. The third kappa shape index (κ3) is 4.92. The van der Waals surface area contributed by atoms with Gasteiger partial charge in [-0.3, -0.25) is 0 Å². The minimum atomic E-state index is -0.565. The molecule has 0 spiro atoms. The zero-order valence-electron chi connectivity index (χ0n) is 21.4. The number of rotatable bonds is 4. The zero-order valence-corrected chi connectivity index (χ0v) is 24.5. The van der Waals surface area contributed by atoms with Crippen LogP contribution in [0.2, 0.25) is 5.02 Å². The molecule has 2 aliphatic heterocycles. The highest BCUT2D eigenvalue weighted by atomic mass is 35.5. The van der Waals surface area contributed by atoms with Crippen LogP contribution >= 0.6 is 46.3 Å². The Morgan fingerprint density at radius 1 is 1.15 bits per heavy atom. The number of anilines is 3. The molecule has 0 saturated heterocycles. The fourth-order valence-electron chi connectivity index (χ4n) is 5.14. The van der Waals surface area contributed by atoms with E-state index in [2.05, 4.69) is 10.6 Å². The molecule has 0 radical (unpaired) electrons. The quantitative estimate of drug-likeness (QED) is 0.214.